The van der Waals surface area contributed by atoms with Crippen LogP contribution in [0, 0.1) is 11.8 Å². The van der Waals surface area contributed by atoms with Crippen LogP contribution in [0.1, 0.15) is 33.6 Å². The molecule has 0 aliphatic carbocycles. The molecule has 0 aromatic rings. The standard InChI is InChI=1S/C13H27N3O2/c1-9(2)6-11(8-14)7-12(17)15-10(3)13(18)16(4)5/h9-11H,6-8,14H2,1-5H3,(H,15,17)/t10?,11-/m0/s1. The maximum atomic E-state index is 11.8. The van der Waals surface area contributed by atoms with E-state index in [0.717, 1.165) is 6.42 Å². The average molecular weight is 257 g/mol. The summed E-state index contributed by atoms with van der Waals surface area (Å²) in [4.78, 5) is 24.9. The molecular weight excluding hydrogens is 230 g/mol. The van der Waals surface area contributed by atoms with Gasteiger partial charge in [0.15, 0.2) is 0 Å². The summed E-state index contributed by atoms with van der Waals surface area (Å²) in [5, 5.41) is 2.71. The molecule has 0 saturated carbocycles. The van der Waals surface area contributed by atoms with Crippen molar-refractivity contribution in [3.63, 3.8) is 0 Å². The van der Waals surface area contributed by atoms with Crippen molar-refractivity contribution in [2.24, 2.45) is 17.6 Å². The molecule has 0 heterocycles. The molecule has 0 saturated heterocycles. The first kappa shape index (κ1) is 16.9. The van der Waals surface area contributed by atoms with Gasteiger partial charge in [-0.3, -0.25) is 9.59 Å². The number of rotatable bonds is 7. The molecule has 0 fully saturated rings. The van der Waals surface area contributed by atoms with E-state index < -0.39 is 6.04 Å². The van der Waals surface area contributed by atoms with Crippen LogP contribution in [0.2, 0.25) is 0 Å². The van der Waals surface area contributed by atoms with Crippen LogP contribution in [-0.2, 0) is 9.59 Å². The molecule has 18 heavy (non-hydrogen) atoms. The van der Waals surface area contributed by atoms with Crippen LogP contribution in [0.25, 0.3) is 0 Å². The van der Waals surface area contributed by atoms with Crippen molar-refractivity contribution < 1.29 is 9.59 Å². The van der Waals surface area contributed by atoms with Crippen molar-refractivity contribution in [2.75, 3.05) is 20.6 Å². The minimum atomic E-state index is -0.482. The zero-order chi connectivity index (χ0) is 14.3. The van der Waals surface area contributed by atoms with E-state index in [1.807, 2.05) is 0 Å². The molecule has 2 amide bonds. The van der Waals surface area contributed by atoms with Gasteiger partial charge in [-0.15, -0.1) is 0 Å². The molecule has 2 atom stereocenters. The predicted octanol–water partition coefficient (Wildman–Crippen LogP) is 0.590. The van der Waals surface area contributed by atoms with Gasteiger partial charge in [-0.1, -0.05) is 13.8 Å². The largest absolute Gasteiger partial charge is 0.347 e. The molecule has 5 heteroatoms. The molecule has 0 aliphatic rings. The fraction of sp³-hybridized carbons (Fsp3) is 0.846. The van der Waals surface area contributed by atoms with Gasteiger partial charge in [0.2, 0.25) is 11.8 Å². The smallest absolute Gasteiger partial charge is 0.244 e. The van der Waals surface area contributed by atoms with E-state index in [0.29, 0.717) is 18.9 Å². The summed E-state index contributed by atoms with van der Waals surface area (Å²) < 4.78 is 0. The van der Waals surface area contributed by atoms with E-state index in [4.69, 9.17) is 5.73 Å². The van der Waals surface area contributed by atoms with Gasteiger partial charge in [0.25, 0.3) is 0 Å². The van der Waals surface area contributed by atoms with E-state index in [2.05, 4.69) is 19.2 Å². The number of likely N-dealkylation sites (N-methyl/N-ethyl adjacent to an activating group) is 1. The van der Waals surface area contributed by atoms with Crippen molar-refractivity contribution >= 4 is 11.8 Å². The Bertz CT molecular complexity index is 277. The molecule has 0 rings (SSSR count). The van der Waals surface area contributed by atoms with E-state index in [9.17, 15) is 9.59 Å². The Morgan fingerprint density at radius 2 is 1.78 bits per heavy atom. The second kappa shape index (κ2) is 8.08. The average Bonchev–Trinajstić information content (AvgIpc) is 2.25. The number of nitrogens with two attached hydrogens (primary N) is 1. The Morgan fingerprint density at radius 3 is 2.17 bits per heavy atom. The number of hydrogen-bond donors (Lipinski definition) is 2. The molecule has 0 aromatic heterocycles. The maximum Gasteiger partial charge on any atom is 0.244 e. The third-order valence-electron chi connectivity index (χ3n) is 2.80. The molecule has 3 N–H and O–H groups in total. The predicted molar refractivity (Wildman–Crippen MR) is 72.9 cm³/mol. The van der Waals surface area contributed by atoms with Crippen molar-refractivity contribution in [3.05, 3.63) is 0 Å². The van der Waals surface area contributed by atoms with Crippen LogP contribution in [-0.4, -0.2) is 43.4 Å². The highest BCUT2D eigenvalue weighted by Gasteiger charge is 2.19. The molecule has 1 unspecified atom stereocenters. The van der Waals surface area contributed by atoms with Gasteiger partial charge in [-0.25, -0.2) is 0 Å². The van der Waals surface area contributed by atoms with Crippen molar-refractivity contribution in [3.8, 4) is 0 Å². The number of amides is 2. The van der Waals surface area contributed by atoms with Crippen LogP contribution in [0.3, 0.4) is 0 Å². The summed E-state index contributed by atoms with van der Waals surface area (Å²) in [5.41, 5.74) is 5.65. The summed E-state index contributed by atoms with van der Waals surface area (Å²) >= 11 is 0. The third-order valence-corrected chi connectivity index (χ3v) is 2.80. The van der Waals surface area contributed by atoms with Gasteiger partial charge in [-0.05, 0) is 31.7 Å². The van der Waals surface area contributed by atoms with Gasteiger partial charge in [-0.2, -0.15) is 0 Å². The number of nitrogens with zero attached hydrogens (tertiary/aromatic N) is 1. The van der Waals surface area contributed by atoms with Gasteiger partial charge < -0.3 is 16.0 Å². The van der Waals surface area contributed by atoms with Crippen LogP contribution in [0.5, 0.6) is 0 Å². The summed E-state index contributed by atoms with van der Waals surface area (Å²) in [5.74, 6) is 0.504. The maximum absolute atomic E-state index is 11.8. The summed E-state index contributed by atoms with van der Waals surface area (Å²) in [6.07, 6.45) is 1.32. The minimum absolute atomic E-state index is 0.100. The van der Waals surface area contributed by atoms with Gasteiger partial charge >= 0.3 is 0 Å². The van der Waals surface area contributed by atoms with E-state index in [-0.39, 0.29) is 17.7 Å². The molecule has 0 aliphatic heterocycles. The molecule has 0 radical (unpaired) electrons. The lowest BCUT2D eigenvalue weighted by molar-refractivity contribution is -0.134. The summed E-state index contributed by atoms with van der Waals surface area (Å²) in [7, 11) is 3.35. The number of nitrogens with one attached hydrogen (secondary N) is 1. The zero-order valence-corrected chi connectivity index (χ0v) is 12.2. The Morgan fingerprint density at radius 1 is 1.22 bits per heavy atom. The van der Waals surface area contributed by atoms with Gasteiger partial charge in [0, 0.05) is 20.5 Å². The Kier molecular flexibility index (Phi) is 7.59. The highest BCUT2D eigenvalue weighted by atomic mass is 16.2. The summed E-state index contributed by atoms with van der Waals surface area (Å²) in [6, 6.07) is -0.482. The normalized spacial score (nSPS) is 14.2. The van der Waals surface area contributed by atoms with E-state index >= 15 is 0 Å². The van der Waals surface area contributed by atoms with Crippen molar-refractivity contribution in [1.82, 2.24) is 10.2 Å². The Hall–Kier alpha value is -1.10. The lowest BCUT2D eigenvalue weighted by Crippen LogP contribution is -2.44. The molecule has 106 valence electrons. The second-order valence-corrected chi connectivity index (χ2v) is 5.46. The summed E-state index contributed by atoms with van der Waals surface area (Å²) in [6.45, 7) is 6.42. The first-order valence-corrected chi connectivity index (χ1v) is 6.48. The second-order valence-electron chi connectivity index (χ2n) is 5.46. The number of carbonyl (C=O) groups is 2. The zero-order valence-electron chi connectivity index (χ0n) is 12.2. The van der Waals surface area contributed by atoms with Crippen LogP contribution in [0.4, 0.5) is 0 Å². The molecular formula is C13H27N3O2. The van der Waals surface area contributed by atoms with Gasteiger partial charge in [0.1, 0.15) is 6.04 Å². The Labute approximate surface area is 110 Å². The van der Waals surface area contributed by atoms with E-state index in [1.165, 1.54) is 4.90 Å². The first-order chi connectivity index (χ1) is 8.27. The highest BCUT2D eigenvalue weighted by Crippen LogP contribution is 2.14. The highest BCUT2D eigenvalue weighted by molar-refractivity contribution is 5.87. The lowest BCUT2D eigenvalue weighted by Gasteiger charge is -2.20. The molecule has 0 spiro atoms. The van der Waals surface area contributed by atoms with Crippen LogP contribution >= 0.6 is 0 Å². The van der Waals surface area contributed by atoms with Crippen LogP contribution in [0.15, 0.2) is 0 Å². The SMILES string of the molecule is CC(C)C[C@H](CN)CC(=O)NC(C)C(=O)N(C)C. The minimum Gasteiger partial charge on any atom is -0.347 e. The third kappa shape index (κ3) is 6.59. The first-order valence-electron chi connectivity index (χ1n) is 6.48. The molecule has 0 bridgehead atoms. The molecule has 5 nitrogen and oxygen atoms in total. The number of hydrogen-bond acceptors (Lipinski definition) is 3. The molecule has 0 aromatic carbocycles. The fourth-order valence-corrected chi connectivity index (χ4v) is 1.94. The topological polar surface area (TPSA) is 75.4 Å². The number of carbonyl (C=O) groups excluding carboxylic acids is 2. The van der Waals surface area contributed by atoms with Crippen LogP contribution < -0.4 is 11.1 Å². The monoisotopic (exact) mass is 257 g/mol. The van der Waals surface area contributed by atoms with Gasteiger partial charge in [0.05, 0.1) is 0 Å². The fourth-order valence-electron chi connectivity index (χ4n) is 1.94. The van der Waals surface area contributed by atoms with E-state index in [1.54, 1.807) is 21.0 Å². The lowest BCUT2D eigenvalue weighted by atomic mass is 9.94. The quantitative estimate of drug-likeness (QED) is 0.701. The van der Waals surface area contributed by atoms with Crippen molar-refractivity contribution in [2.45, 2.75) is 39.7 Å². The Balaban J connectivity index is 4.20. The van der Waals surface area contributed by atoms with Crippen molar-refractivity contribution in [1.29, 1.82) is 0 Å².